The molecule has 0 aliphatic rings. The molecule has 2 aromatic carbocycles. The zero-order valence-corrected chi connectivity index (χ0v) is 16.2. The van der Waals surface area contributed by atoms with Gasteiger partial charge in [-0.05, 0) is 50.1 Å². The van der Waals surface area contributed by atoms with E-state index < -0.39 is 0 Å². The van der Waals surface area contributed by atoms with Gasteiger partial charge >= 0.3 is 0 Å². The highest BCUT2D eigenvalue weighted by molar-refractivity contribution is 5.93. The van der Waals surface area contributed by atoms with E-state index in [2.05, 4.69) is 10.3 Å². The van der Waals surface area contributed by atoms with Crippen LogP contribution in [0.5, 0.6) is 11.5 Å². The molecule has 0 radical (unpaired) electrons. The summed E-state index contributed by atoms with van der Waals surface area (Å²) in [5.41, 5.74) is 2.48. The Labute approximate surface area is 165 Å². The predicted octanol–water partition coefficient (Wildman–Crippen LogP) is 3.64. The third-order valence-electron chi connectivity index (χ3n) is 4.21. The monoisotopic (exact) mass is 379 g/mol. The number of benzene rings is 2. The number of carbonyl (C=O) groups is 1. The first kappa shape index (κ1) is 19.5. The molecule has 0 fully saturated rings. The van der Waals surface area contributed by atoms with Crippen LogP contribution < -0.4 is 14.8 Å². The van der Waals surface area contributed by atoms with Crippen molar-refractivity contribution in [2.75, 3.05) is 19.8 Å². The summed E-state index contributed by atoms with van der Waals surface area (Å²) in [5.74, 6) is 1.32. The molecule has 0 aliphatic carbocycles. The summed E-state index contributed by atoms with van der Waals surface area (Å²) in [6, 6.07) is 15.5. The van der Waals surface area contributed by atoms with Crippen molar-refractivity contribution in [3.63, 3.8) is 0 Å². The van der Waals surface area contributed by atoms with Crippen LogP contribution in [0, 0.1) is 0 Å². The van der Waals surface area contributed by atoms with E-state index in [-0.39, 0.29) is 5.91 Å². The Morgan fingerprint density at radius 3 is 2.54 bits per heavy atom. The van der Waals surface area contributed by atoms with Crippen LogP contribution in [0.3, 0.4) is 0 Å². The Morgan fingerprint density at radius 2 is 1.79 bits per heavy atom. The van der Waals surface area contributed by atoms with E-state index in [0.29, 0.717) is 31.9 Å². The van der Waals surface area contributed by atoms with Crippen LogP contribution in [0.15, 0.2) is 61.1 Å². The highest BCUT2D eigenvalue weighted by Gasteiger charge is 2.13. The average Bonchev–Trinajstić information content (AvgIpc) is 3.21. The molecule has 0 atom stereocenters. The van der Waals surface area contributed by atoms with Crippen LogP contribution in [0.1, 0.15) is 29.9 Å². The quantitative estimate of drug-likeness (QED) is 0.616. The minimum Gasteiger partial charge on any atom is -0.490 e. The summed E-state index contributed by atoms with van der Waals surface area (Å²) in [7, 11) is 0. The number of para-hydroxylation sites is 1. The summed E-state index contributed by atoms with van der Waals surface area (Å²) in [6.07, 6.45) is 3.91. The second kappa shape index (κ2) is 9.60. The fraction of sp³-hybridized carbons (Fsp3) is 0.273. The summed E-state index contributed by atoms with van der Waals surface area (Å²) in [4.78, 5) is 16.7. The van der Waals surface area contributed by atoms with Crippen molar-refractivity contribution < 1.29 is 14.3 Å². The van der Waals surface area contributed by atoms with Gasteiger partial charge < -0.3 is 14.8 Å². The van der Waals surface area contributed by atoms with Gasteiger partial charge in [-0.3, -0.25) is 9.36 Å². The minimum atomic E-state index is -0.155. The minimum absolute atomic E-state index is 0.155. The van der Waals surface area contributed by atoms with E-state index in [9.17, 15) is 4.79 Å². The van der Waals surface area contributed by atoms with E-state index in [0.717, 1.165) is 22.7 Å². The molecule has 3 aromatic rings. The molecule has 6 heteroatoms. The Bertz CT molecular complexity index is 906. The van der Waals surface area contributed by atoms with Crippen molar-refractivity contribution in [3.8, 4) is 17.2 Å². The Kier molecular flexibility index (Phi) is 6.68. The molecule has 1 heterocycles. The predicted molar refractivity (Wildman–Crippen MR) is 108 cm³/mol. The van der Waals surface area contributed by atoms with E-state index in [4.69, 9.17) is 9.47 Å². The molecule has 1 N–H and O–H groups in total. The maximum atomic E-state index is 12.6. The lowest BCUT2D eigenvalue weighted by molar-refractivity contribution is 0.0947. The Hall–Kier alpha value is -3.28. The fourth-order valence-electron chi connectivity index (χ4n) is 2.92. The number of imidazole rings is 1. The third-order valence-corrected chi connectivity index (χ3v) is 4.21. The van der Waals surface area contributed by atoms with Crippen molar-refractivity contribution in [3.05, 3.63) is 72.3 Å². The number of rotatable bonds is 9. The fourth-order valence-corrected chi connectivity index (χ4v) is 2.92. The van der Waals surface area contributed by atoms with Crippen molar-refractivity contribution in [2.24, 2.45) is 0 Å². The Balaban J connectivity index is 1.62. The number of amides is 1. The number of hydrogen-bond donors (Lipinski definition) is 1. The maximum absolute atomic E-state index is 12.6. The van der Waals surface area contributed by atoms with Gasteiger partial charge in [-0.15, -0.1) is 0 Å². The van der Waals surface area contributed by atoms with E-state index >= 15 is 0 Å². The summed E-state index contributed by atoms with van der Waals surface area (Å²) >= 11 is 0. The van der Waals surface area contributed by atoms with Gasteiger partial charge in [-0.2, -0.15) is 0 Å². The molecule has 3 rings (SSSR count). The topological polar surface area (TPSA) is 65.4 Å². The van der Waals surface area contributed by atoms with Gasteiger partial charge in [0.1, 0.15) is 5.69 Å². The normalized spacial score (nSPS) is 10.5. The van der Waals surface area contributed by atoms with Crippen molar-refractivity contribution in [1.29, 1.82) is 0 Å². The Morgan fingerprint density at radius 1 is 1.04 bits per heavy atom. The lowest BCUT2D eigenvalue weighted by Gasteiger charge is -2.13. The van der Waals surface area contributed by atoms with Gasteiger partial charge in [0.2, 0.25) is 0 Å². The molecule has 28 heavy (non-hydrogen) atoms. The first-order valence-corrected chi connectivity index (χ1v) is 9.47. The number of ether oxygens (including phenoxy) is 2. The van der Waals surface area contributed by atoms with Gasteiger partial charge in [0.05, 0.1) is 25.7 Å². The lowest BCUT2D eigenvalue weighted by Crippen LogP contribution is -2.27. The standard InChI is InChI=1S/C22H25N3O3/c1-3-27-20-11-10-17(14-21(20)28-4-2)12-13-24-22(26)19-15-23-16-25(19)18-8-6-5-7-9-18/h5-11,14-16H,3-4,12-13H2,1-2H3,(H,24,26). The molecule has 6 nitrogen and oxygen atoms in total. The van der Waals surface area contributed by atoms with Crippen molar-refractivity contribution in [2.45, 2.75) is 20.3 Å². The van der Waals surface area contributed by atoms with Crippen LogP contribution in [-0.4, -0.2) is 35.2 Å². The highest BCUT2D eigenvalue weighted by atomic mass is 16.5. The summed E-state index contributed by atoms with van der Waals surface area (Å²) in [6.45, 7) is 5.56. The van der Waals surface area contributed by atoms with Gasteiger partial charge in [-0.1, -0.05) is 24.3 Å². The average molecular weight is 379 g/mol. The molecule has 1 aromatic heterocycles. The number of aromatic nitrogens is 2. The van der Waals surface area contributed by atoms with E-state index in [1.165, 1.54) is 0 Å². The first-order valence-electron chi connectivity index (χ1n) is 9.47. The van der Waals surface area contributed by atoms with Gasteiger partial charge in [-0.25, -0.2) is 4.98 Å². The largest absolute Gasteiger partial charge is 0.490 e. The van der Waals surface area contributed by atoms with Crippen LogP contribution in [-0.2, 0) is 6.42 Å². The van der Waals surface area contributed by atoms with Gasteiger partial charge in [0, 0.05) is 12.2 Å². The SMILES string of the molecule is CCOc1ccc(CCNC(=O)c2cncn2-c2ccccc2)cc1OCC. The zero-order chi connectivity index (χ0) is 19.8. The molecular weight excluding hydrogens is 354 g/mol. The second-order valence-electron chi connectivity index (χ2n) is 6.14. The first-order chi connectivity index (χ1) is 13.7. The zero-order valence-electron chi connectivity index (χ0n) is 16.2. The van der Waals surface area contributed by atoms with Gasteiger partial charge in [0.25, 0.3) is 5.91 Å². The molecule has 1 amide bonds. The number of nitrogens with one attached hydrogen (secondary N) is 1. The van der Waals surface area contributed by atoms with Crippen molar-refractivity contribution in [1.82, 2.24) is 14.9 Å². The second-order valence-corrected chi connectivity index (χ2v) is 6.14. The van der Waals surface area contributed by atoms with Gasteiger partial charge in [0.15, 0.2) is 11.5 Å². The van der Waals surface area contributed by atoms with Crippen LogP contribution in [0.25, 0.3) is 5.69 Å². The maximum Gasteiger partial charge on any atom is 0.269 e. The third kappa shape index (κ3) is 4.71. The number of hydrogen-bond acceptors (Lipinski definition) is 4. The molecule has 146 valence electrons. The lowest BCUT2D eigenvalue weighted by atomic mass is 10.1. The van der Waals surface area contributed by atoms with Crippen molar-refractivity contribution >= 4 is 5.91 Å². The summed E-state index contributed by atoms with van der Waals surface area (Å²) < 4.78 is 13.0. The van der Waals surface area contributed by atoms with Crippen LogP contribution >= 0.6 is 0 Å². The summed E-state index contributed by atoms with van der Waals surface area (Å²) in [5, 5.41) is 2.96. The molecule has 0 unspecified atom stereocenters. The molecule has 0 bridgehead atoms. The molecular formula is C22H25N3O3. The van der Waals surface area contributed by atoms with E-state index in [1.54, 1.807) is 17.1 Å². The highest BCUT2D eigenvalue weighted by Crippen LogP contribution is 2.28. The smallest absolute Gasteiger partial charge is 0.269 e. The number of nitrogens with zero attached hydrogens (tertiary/aromatic N) is 2. The van der Waals surface area contributed by atoms with Crippen LogP contribution in [0.2, 0.25) is 0 Å². The molecule has 0 spiro atoms. The van der Waals surface area contributed by atoms with Crippen LogP contribution in [0.4, 0.5) is 0 Å². The number of carbonyl (C=O) groups excluding carboxylic acids is 1. The molecule has 0 saturated carbocycles. The molecule has 0 aliphatic heterocycles. The molecule has 0 saturated heterocycles. The van der Waals surface area contributed by atoms with E-state index in [1.807, 2.05) is 62.4 Å².